The monoisotopic (exact) mass is 514 g/mol. The molecule has 0 atom stereocenters. The number of hydrogen-bond acceptors (Lipinski definition) is 5. The molecule has 0 bridgehead atoms. The third-order valence-corrected chi connectivity index (χ3v) is 9.59. The zero-order valence-corrected chi connectivity index (χ0v) is 22.8. The fourth-order valence-electron chi connectivity index (χ4n) is 2.37. The molecule has 0 amide bonds. The Bertz CT molecular complexity index is 318. The van der Waals surface area contributed by atoms with Crippen LogP contribution in [0.15, 0.2) is 6.08 Å². The van der Waals surface area contributed by atoms with Gasteiger partial charge in [0.25, 0.3) is 0 Å². The largest absolute Gasteiger partial charge is 2.00 e. The van der Waals surface area contributed by atoms with Crippen molar-refractivity contribution in [3.05, 3.63) is 12.7 Å². The molecule has 166 valence electrons. The molecule has 0 spiro atoms. The van der Waals surface area contributed by atoms with Gasteiger partial charge in [0.2, 0.25) is 0 Å². The maximum atomic E-state index is 8.49. The average molecular weight is 516 g/mol. The molecule has 0 unspecified atom stereocenters. The van der Waals surface area contributed by atoms with Crippen molar-refractivity contribution >= 4 is 8.32 Å². The predicted octanol–water partition coefficient (Wildman–Crippen LogP) is 2.53. The van der Waals surface area contributed by atoms with Crippen molar-refractivity contribution in [2.24, 2.45) is 0 Å². The van der Waals surface area contributed by atoms with Crippen LogP contribution in [-0.2, 0) is 30.6 Å². The molecule has 2 rings (SSSR count). The number of hydrogen-bond donors (Lipinski definition) is 0. The van der Waals surface area contributed by atoms with Crippen LogP contribution in [0.25, 0.3) is 0 Å². The number of halogens is 1. The van der Waals surface area contributed by atoms with Crippen LogP contribution in [0.3, 0.4) is 0 Å². The van der Waals surface area contributed by atoms with Gasteiger partial charge in [-0.15, -0.1) is 10.2 Å². The van der Waals surface area contributed by atoms with Gasteiger partial charge in [0, 0.05) is 6.61 Å². The summed E-state index contributed by atoms with van der Waals surface area (Å²) in [6, 6.07) is 0. The van der Waals surface area contributed by atoms with E-state index in [-0.39, 0.29) is 26.2 Å². The Hall–Kier alpha value is 0.930. The number of rotatable bonds is 4. The topological polar surface area (TPSA) is 101 Å². The van der Waals surface area contributed by atoms with Crippen LogP contribution in [0.2, 0.25) is 18.1 Å². The Morgan fingerprint density at radius 1 is 0.821 bits per heavy atom. The summed E-state index contributed by atoms with van der Waals surface area (Å²) in [6.45, 7) is 17.3. The quantitative estimate of drug-likeness (QED) is 0.325. The van der Waals surface area contributed by atoms with Gasteiger partial charge in [-0.1, -0.05) is 85.0 Å². The third-order valence-electron chi connectivity index (χ3n) is 5.05. The van der Waals surface area contributed by atoms with E-state index >= 15 is 0 Å². The van der Waals surface area contributed by atoms with E-state index in [1.807, 2.05) is 0 Å². The van der Waals surface area contributed by atoms with E-state index in [1.165, 1.54) is 64.2 Å². The van der Waals surface area contributed by atoms with Crippen LogP contribution >= 0.6 is 0 Å². The van der Waals surface area contributed by atoms with Crippen molar-refractivity contribution in [1.29, 1.82) is 0 Å². The minimum absolute atomic E-state index is 0. The standard InChI is InChI=1S/C10H21OSi.2C5H10.ClHO4.Zr/c1-7-8-9-11-12(5,6)10(2,3)4;2*1-2-4-5-3-1;2-1(3,4)5;/h1,7H,8-9H2,2-6H3;2*1-5H2;(H,2,3,4,5);/q-1;;;;+2/p-1. The minimum Gasteiger partial charge on any atom is -0.518 e. The Labute approximate surface area is 195 Å². The molecule has 0 aromatic heterocycles. The Morgan fingerprint density at radius 2 is 1.07 bits per heavy atom. The van der Waals surface area contributed by atoms with Crippen LogP contribution < -0.4 is 18.6 Å². The second kappa shape index (κ2) is 18.7. The van der Waals surface area contributed by atoms with Gasteiger partial charge in [0.15, 0.2) is 8.32 Å². The summed E-state index contributed by atoms with van der Waals surface area (Å²) in [5, 5.41) is 0.307. The molecule has 0 radical (unpaired) electrons. The Kier molecular flexibility index (Phi) is 22.4. The molecule has 2 aliphatic carbocycles. The summed E-state index contributed by atoms with van der Waals surface area (Å²) in [5.74, 6) is 0. The predicted molar refractivity (Wildman–Crippen MR) is 103 cm³/mol. The van der Waals surface area contributed by atoms with Gasteiger partial charge in [-0.2, -0.15) is 0 Å². The molecule has 0 saturated heterocycles. The molecule has 2 fully saturated rings. The van der Waals surface area contributed by atoms with E-state index in [1.54, 1.807) is 6.08 Å². The van der Waals surface area contributed by atoms with Crippen LogP contribution in [0.1, 0.15) is 91.4 Å². The second-order valence-corrected chi connectivity index (χ2v) is 14.1. The van der Waals surface area contributed by atoms with Gasteiger partial charge < -0.3 is 11.0 Å². The average Bonchev–Trinajstić information content (AvgIpc) is 3.23. The Balaban J connectivity index is -0.000000324. The minimum atomic E-state index is -4.94. The maximum Gasteiger partial charge on any atom is 2.00 e. The first-order chi connectivity index (χ1) is 12.3. The fraction of sp³-hybridized carbons (Fsp3) is 0.900. The van der Waals surface area contributed by atoms with E-state index in [4.69, 9.17) is 29.6 Å². The fourth-order valence-corrected chi connectivity index (χ4v) is 3.43. The van der Waals surface area contributed by atoms with Gasteiger partial charge in [-0.05, 0) is 24.6 Å². The summed E-state index contributed by atoms with van der Waals surface area (Å²) in [5.41, 5.74) is 0. The van der Waals surface area contributed by atoms with Crippen LogP contribution in [0.5, 0.6) is 0 Å². The molecule has 0 N–H and O–H groups in total. The first-order valence-electron chi connectivity index (χ1n) is 10.1. The molecule has 0 aromatic carbocycles. The van der Waals surface area contributed by atoms with Gasteiger partial charge >= 0.3 is 26.2 Å². The summed E-state index contributed by atoms with van der Waals surface area (Å²) < 4.78 is 39.8. The molecular formula is C20H41ClO5SiZr. The zero-order valence-electron chi connectivity index (χ0n) is 18.6. The van der Waals surface area contributed by atoms with E-state index in [9.17, 15) is 0 Å². The van der Waals surface area contributed by atoms with Gasteiger partial charge in [-0.25, -0.2) is 18.6 Å². The molecule has 0 heterocycles. The molecule has 2 saturated carbocycles. The molecule has 28 heavy (non-hydrogen) atoms. The first kappa shape index (κ1) is 33.6. The van der Waals surface area contributed by atoms with Crippen molar-refractivity contribution in [3.8, 4) is 0 Å². The first-order valence-corrected chi connectivity index (χ1v) is 14.2. The maximum absolute atomic E-state index is 8.49. The normalized spacial score (nSPS) is 16.3. The smallest absolute Gasteiger partial charge is 0.518 e. The zero-order chi connectivity index (χ0) is 21.4. The molecule has 0 aliphatic heterocycles. The van der Waals surface area contributed by atoms with Crippen molar-refractivity contribution in [1.82, 2.24) is 0 Å². The van der Waals surface area contributed by atoms with Gasteiger partial charge in [0.05, 0.1) is 0 Å². The van der Waals surface area contributed by atoms with Gasteiger partial charge in [-0.3, -0.25) is 6.08 Å². The van der Waals surface area contributed by atoms with E-state index in [0.29, 0.717) is 5.04 Å². The van der Waals surface area contributed by atoms with Crippen molar-refractivity contribution in [2.75, 3.05) is 6.61 Å². The summed E-state index contributed by atoms with van der Waals surface area (Å²) in [4.78, 5) is 0. The van der Waals surface area contributed by atoms with Crippen molar-refractivity contribution < 1.29 is 59.5 Å². The SMILES string of the molecule is C1CCCC1.C1CCCC1.[CH-]=CCCO[Si](C)(C)C(C)(C)C.[O-][Cl+3]([O-])([O-])[O-].[Zr+2]. The summed E-state index contributed by atoms with van der Waals surface area (Å²) >= 11 is 0. The van der Waals surface area contributed by atoms with Crippen LogP contribution in [0.4, 0.5) is 0 Å². The van der Waals surface area contributed by atoms with Crippen LogP contribution in [0, 0.1) is 16.8 Å². The molecule has 5 nitrogen and oxygen atoms in total. The second-order valence-electron chi connectivity index (χ2n) is 8.55. The van der Waals surface area contributed by atoms with Gasteiger partial charge in [0.1, 0.15) is 0 Å². The Morgan fingerprint density at radius 3 is 1.25 bits per heavy atom. The van der Waals surface area contributed by atoms with Crippen molar-refractivity contribution in [2.45, 2.75) is 110 Å². The third kappa shape index (κ3) is 26.9. The van der Waals surface area contributed by atoms with E-state index < -0.39 is 18.6 Å². The van der Waals surface area contributed by atoms with Crippen molar-refractivity contribution in [3.63, 3.8) is 0 Å². The van der Waals surface area contributed by atoms with E-state index in [2.05, 4.69) is 33.9 Å². The van der Waals surface area contributed by atoms with Crippen LogP contribution in [-0.4, -0.2) is 14.9 Å². The molecule has 2 aliphatic rings. The molecule has 8 heteroatoms. The summed E-state index contributed by atoms with van der Waals surface area (Å²) in [7, 11) is -6.46. The molecular weight excluding hydrogens is 475 g/mol. The molecule has 0 aromatic rings. The summed E-state index contributed by atoms with van der Waals surface area (Å²) in [6.07, 6.45) is 17.5. The van der Waals surface area contributed by atoms with E-state index in [0.717, 1.165) is 13.0 Å².